The lowest BCUT2D eigenvalue weighted by molar-refractivity contribution is -0.135. The highest BCUT2D eigenvalue weighted by molar-refractivity contribution is 6.06. The van der Waals surface area contributed by atoms with Gasteiger partial charge in [0.05, 0.1) is 14.2 Å². The van der Waals surface area contributed by atoms with Gasteiger partial charge < -0.3 is 14.2 Å². The van der Waals surface area contributed by atoms with E-state index in [2.05, 4.69) is 4.99 Å². The standard InChI is InChI=1S/C17H15NO4/c1-20-13-8-12(9-14(10-13)21-2)16-18-15(17(19)22-16)11-6-4-3-5-7-11/h3-10,15H,1-2H3/t15-/m1/s1. The smallest absolute Gasteiger partial charge is 0.342 e. The van der Waals surface area contributed by atoms with E-state index in [-0.39, 0.29) is 11.9 Å². The second-order valence-electron chi connectivity index (χ2n) is 4.77. The summed E-state index contributed by atoms with van der Waals surface area (Å²) in [6, 6.07) is 13.9. The van der Waals surface area contributed by atoms with Gasteiger partial charge in [-0.25, -0.2) is 9.79 Å². The minimum Gasteiger partial charge on any atom is -0.497 e. The molecule has 1 atom stereocenters. The van der Waals surface area contributed by atoms with Gasteiger partial charge in [-0.2, -0.15) is 0 Å². The van der Waals surface area contributed by atoms with Crippen LogP contribution in [0, 0.1) is 0 Å². The Balaban J connectivity index is 1.97. The first kappa shape index (κ1) is 14.1. The Labute approximate surface area is 128 Å². The largest absolute Gasteiger partial charge is 0.497 e. The first-order valence-electron chi connectivity index (χ1n) is 6.79. The second kappa shape index (κ2) is 5.89. The molecule has 0 spiro atoms. The zero-order valence-electron chi connectivity index (χ0n) is 12.3. The Morgan fingerprint density at radius 2 is 1.64 bits per heavy atom. The molecule has 1 aliphatic rings. The maximum atomic E-state index is 12.1. The lowest BCUT2D eigenvalue weighted by atomic mass is 10.1. The van der Waals surface area contributed by atoms with Gasteiger partial charge in [-0.3, -0.25) is 0 Å². The zero-order valence-corrected chi connectivity index (χ0v) is 12.3. The van der Waals surface area contributed by atoms with E-state index in [4.69, 9.17) is 14.2 Å². The van der Waals surface area contributed by atoms with E-state index in [0.717, 1.165) is 5.56 Å². The van der Waals surface area contributed by atoms with Gasteiger partial charge in [0.15, 0.2) is 6.04 Å². The van der Waals surface area contributed by atoms with Crippen molar-refractivity contribution < 1.29 is 19.0 Å². The van der Waals surface area contributed by atoms with E-state index >= 15 is 0 Å². The fourth-order valence-corrected chi connectivity index (χ4v) is 2.26. The van der Waals surface area contributed by atoms with Gasteiger partial charge in [0, 0.05) is 11.6 Å². The van der Waals surface area contributed by atoms with Gasteiger partial charge >= 0.3 is 5.97 Å². The number of rotatable bonds is 4. The molecule has 112 valence electrons. The molecular formula is C17H15NO4. The van der Waals surface area contributed by atoms with Crippen molar-refractivity contribution >= 4 is 11.9 Å². The monoisotopic (exact) mass is 297 g/mol. The average Bonchev–Trinajstić information content (AvgIpc) is 2.97. The van der Waals surface area contributed by atoms with Crippen LogP contribution >= 0.6 is 0 Å². The van der Waals surface area contributed by atoms with Gasteiger partial charge in [-0.15, -0.1) is 0 Å². The molecule has 0 aromatic heterocycles. The fourth-order valence-electron chi connectivity index (χ4n) is 2.26. The number of hydrogen-bond acceptors (Lipinski definition) is 5. The fraction of sp³-hybridized carbons (Fsp3) is 0.176. The van der Waals surface area contributed by atoms with Crippen LogP contribution in [0.25, 0.3) is 0 Å². The predicted molar refractivity (Wildman–Crippen MR) is 81.4 cm³/mol. The Morgan fingerprint density at radius 1 is 1.00 bits per heavy atom. The number of methoxy groups -OCH3 is 2. The summed E-state index contributed by atoms with van der Waals surface area (Å²) in [5, 5.41) is 0. The molecule has 2 aromatic carbocycles. The first-order valence-corrected chi connectivity index (χ1v) is 6.79. The van der Waals surface area contributed by atoms with E-state index in [0.29, 0.717) is 17.1 Å². The Hall–Kier alpha value is -2.82. The van der Waals surface area contributed by atoms with Crippen LogP contribution in [-0.2, 0) is 9.53 Å². The van der Waals surface area contributed by atoms with Gasteiger partial charge in [0.25, 0.3) is 0 Å². The maximum absolute atomic E-state index is 12.1. The van der Waals surface area contributed by atoms with E-state index < -0.39 is 6.04 Å². The molecule has 22 heavy (non-hydrogen) atoms. The number of aliphatic imine (C=N–C) groups is 1. The predicted octanol–water partition coefficient (Wildman–Crippen LogP) is 2.75. The molecule has 0 saturated carbocycles. The summed E-state index contributed by atoms with van der Waals surface area (Å²) in [4.78, 5) is 16.5. The number of carbonyl (C=O) groups excluding carboxylic acids is 1. The van der Waals surface area contributed by atoms with Crippen molar-refractivity contribution in [2.45, 2.75) is 6.04 Å². The number of carbonyl (C=O) groups is 1. The molecule has 0 fully saturated rings. The van der Waals surface area contributed by atoms with Crippen LogP contribution < -0.4 is 9.47 Å². The third-order valence-electron chi connectivity index (χ3n) is 3.38. The molecule has 0 amide bonds. The number of esters is 1. The van der Waals surface area contributed by atoms with Crippen LogP contribution in [0.5, 0.6) is 11.5 Å². The van der Waals surface area contributed by atoms with Crippen LogP contribution in [0.2, 0.25) is 0 Å². The average molecular weight is 297 g/mol. The molecule has 3 rings (SSSR count). The second-order valence-corrected chi connectivity index (χ2v) is 4.77. The summed E-state index contributed by atoms with van der Waals surface area (Å²) >= 11 is 0. The molecule has 0 saturated heterocycles. The molecule has 0 bridgehead atoms. The highest BCUT2D eigenvalue weighted by Gasteiger charge is 2.31. The van der Waals surface area contributed by atoms with Gasteiger partial charge in [0.2, 0.25) is 5.90 Å². The maximum Gasteiger partial charge on any atom is 0.342 e. The first-order chi connectivity index (χ1) is 10.7. The van der Waals surface area contributed by atoms with Crippen LogP contribution in [0.4, 0.5) is 0 Å². The molecule has 0 radical (unpaired) electrons. The summed E-state index contributed by atoms with van der Waals surface area (Å²) in [7, 11) is 3.13. The van der Waals surface area contributed by atoms with Crippen LogP contribution in [0.3, 0.4) is 0 Å². The summed E-state index contributed by atoms with van der Waals surface area (Å²) < 4.78 is 15.8. The van der Waals surface area contributed by atoms with Gasteiger partial charge in [0.1, 0.15) is 11.5 Å². The van der Waals surface area contributed by atoms with E-state index in [1.54, 1.807) is 32.4 Å². The Morgan fingerprint density at radius 3 is 2.23 bits per heavy atom. The third kappa shape index (κ3) is 2.65. The minimum absolute atomic E-state index is 0.274. The molecule has 2 aromatic rings. The lowest BCUT2D eigenvalue weighted by Gasteiger charge is -2.07. The molecule has 5 heteroatoms. The van der Waals surface area contributed by atoms with Crippen LogP contribution in [0.15, 0.2) is 53.5 Å². The Kier molecular flexibility index (Phi) is 3.78. The highest BCUT2D eigenvalue weighted by atomic mass is 16.6. The Bertz CT molecular complexity index is 702. The number of ether oxygens (including phenoxy) is 3. The number of cyclic esters (lactones) is 1. The van der Waals surface area contributed by atoms with Crippen LogP contribution in [0.1, 0.15) is 17.2 Å². The van der Waals surface area contributed by atoms with Gasteiger partial charge in [-0.05, 0) is 17.7 Å². The normalized spacial score (nSPS) is 16.9. The van der Waals surface area contributed by atoms with Gasteiger partial charge in [-0.1, -0.05) is 30.3 Å². The zero-order chi connectivity index (χ0) is 15.5. The van der Waals surface area contributed by atoms with Crippen molar-refractivity contribution in [1.29, 1.82) is 0 Å². The summed E-state index contributed by atoms with van der Waals surface area (Å²) in [6.45, 7) is 0. The molecular weight excluding hydrogens is 282 g/mol. The van der Waals surface area contributed by atoms with Crippen molar-refractivity contribution in [2.24, 2.45) is 4.99 Å². The molecule has 1 heterocycles. The van der Waals surface area contributed by atoms with Crippen LogP contribution in [-0.4, -0.2) is 26.1 Å². The number of benzene rings is 2. The molecule has 0 aliphatic carbocycles. The summed E-state index contributed by atoms with van der Waals surface area (Å²) in [6.07, 6.45) is 0. The van der Waals surface area contributed by atoms with Crippen molar-refractivity contribution in [3.05, 3.63) is 59.7 Å². The lowest BCUT2D eigenvalue weighted by Crippen LogP contribution is -2.09. The molecule has 0 N–H and O–H groups in total. The van der Waals surface area contributed by atoms with Crippen molar-refractivity contribution in [3.63, 3.8) is 0 Å². The summed E-state index contributed by atoms with van der Waals surface area (Å²) in [5.41, 5.74) is 1.44. The number of nitrogens with zero attached hydrogens (tertiary/aromatic N) is 1. The number of hydrogen-bond donors (Lipinski definition) is 0. The topological polar surface area (TPSA) is 57.1 Å². The summed E-state index contributed by atoms with van der Waals surface area (Å²) in [5.74, 6) is 1.10. The van der Waals surface area contributed by atoms with E-state index in [9.17, 15) is 4.79 Å². The van der Waals surface area contributed by atoms with Crippen molar-refractivity contribution in [3.8, 4) is 11.5 Å². The van der Waals surface area contributed by atoms with E-state index in [1.165, 1.54) is 0 Å². The van der Waals surface area contributed by atoms with Crippen molar-refractivity contribution in [1.82, 2.24) is 0 Å². The minimum atomic E-state index is -0.631. The highest BCUT2D eigenvalue weighted by Crippen LogP contribution is 2.29. The molecule has 1 aliphatic heterocycles. The molecule has 5 nitrogen and oxygen atoms in total. The molecule has 0 unspecified atom stereocenters. The SMILES string of the molecule is COc1cc(OC)cc(C2=N[C@H](c3ccccc3)C(=O)O2)c1. The van der Waals surface area contributed by atoms with E-state index in [1.807, 2.05) is 30.3 Å². The van der Waals surface area contributed by atoms with Crippen molar-refractivity contribution in [2.75, 3.05) is 14.2 Å². The third-order valence-corrected chi connectivity index (χ3v) is 3.38. The quantitative estimate of drug-likeness (QED) is 0.814.